The van der Waals surface area contributed by atoms with Crippen molar-refractivity contribution in [2.75, 3.05) is 0 Å². The SMILES string of the molecule is Fc1ccccc1C=Nc1ccc2nc[nH]c2c1. The van der Waals surface area contributed by atoms with Crippen LogP contribution in [0.3, 0.4) is 0 Å². The quantitative estimate of drug-likeness (QED) is 0.683. The van der Waals surface area contributed by atoms with Crippen LogP contribution < -0.4 is 0 Å². The van der Waals surface area contributed by atoms with Gasteiger partial charge >= 0.3 is 0 Å². The van der Waals surface area contributed by atoms with Crippen molar-refractivity contribution < 1.29 is 4.39 Å². The minimum Gasteiger partial charge on any atom is -0.345 e. The van der Waals surface area contributed by atoms with Gasteiger partial charge in [-0.3, -0.25) is 4.99 Å². The molecule has 1 N–H and O–H groups in total. The lowest BCUT2D eigenvalue weighted by molar-refractivity contribution is 0.626. The molecule has 4 heteroatoms. The van der Waals surface area contributed by atoms with Gasteiger partial charge in [0.15, 0.2) is 0 Å². The van der Waals surface area contributed by atoms with Gasteiger partial charge < -0.3 is 4.98 Å². The topological polar surface area (TPSA) is 41.0 Å². The fraction of sp³-hybridized carbons (Fsp3) is 0. The molecule has 3 aromatic rings. The number of fused-ring (bicyclic) bond motifs is 1. The van der Waals surface area contributed by atoms with Gasteiger partial charge in [0.05, 0.1) is 23.0 Å². The molecule has 0 saturated carbocycles. The minimum absolute atomic E-state index is 0.274. The number of aliphatic imine (C=N–C) groups is 1. The second kappa shape index (κ2) is 4.41. The first-order chi connectivity index (χ1) is 8.83. The van der Waals surface area contributed by atoms with E-state index in [4.69, 9.17) is 0 Å². The molecule has 3 rings (SSSR count). The zero-order chi connectivity index (χ0) is 12.4. The normalized spacial score (nSPS) is 11.4. The molecule has 88 valence electrons. The number of hydrogen-bond donors (Lipinski definition) is 1. The highest BCUT2D eigenvalue weighted by atomic mass is 19.1. The molecular weight excluding hydrogens is 229 g/mol. The van der Waals surface area contributed by atoms with Crippen molar-refractivity contribution in [1.82, 2.24) is 9.97 Å². The van der Waals surface area contributed by atoms with E-state index in [0.717, 1.165) is 16.7 Å². The lowest BCUT2D eigenvalue weighted by Gasteiger charge is -1.96. The molecule has 18 heavy (non-hydrogen) atoms. The van der Waals surface area contributed by atoms with Crippen LogP contribution in [0.4, 0.5) is 10.1 Å². The van der Waals surface area contributed by atoms with Crippen LogP contribution in [0.5, 0.6) is 0 Å². The van der Waals surface area contributed by atoms with Crippen molar-refractivity contribution in [3.8, 4) is 0 Å². The van der Waals surface area contributed by atoms with Gasteiger partial charge in [-0.2, -0.15) is 0 Å². The standard InChI is InChI=1S/C14H10FN3/c15-12-4-2-1-3-10(12)8-16-11-5-6-13-14(7-11)18-9-17-13/h1-9H,(H,17,18). The van der Waals surface area contributed by atoms with Gasteiger partial charge in [0, 0.05) is 11.8 Å². The first kappa shape index (κ1) is 10.7. The number of nitrogens with one attached hydrogen (secondary N) is 1. The molecular formula is C14H10FN3. The molecule has 1 heterocycles. The van der Waals surface area contributed by atoms with Gasteiger partial charge in [-0.15, -0.1) is 0 Å². The average Bonchev–Trinajstić information content (AvgIpc) is 2.85. The molecule has 0 bridgehead atoms. The Balaban J connectivity index is 1.94. The highest BCUT2D eigenvalue weighted by Crippen LogP contribution is 2.18. The third-order valence-electron chi connectivity index (χ3n) is 2.66. The van der Waals surface area contributed by atoms with E-state index in [0.29, 0.717) is 5.56 Å². The van der Waals surface area contributed by atoms with Crippen LogP contribution in [0, 0.1) is 5.82 Å². The summed E-state index contributed by atoms with van der Waals surface area (Å²) in [5.74, 6) is -0.274. The fourth-order valence-corrected chi connectivity index (χ4v) is 1.73. The highest BCUT2D eigenvalue weighted by Gasteiger charge is 1.98. The van der Waals surface area contributed by atoms with E-state index in [-0.39, 0.29) is 5.82 Å². The van der Waals surface area contributed by atoms with E-state index in [1.807, 2.05) is 18.2 Å². The van der Waals surface area contributed by atoms with Crippen LogP contribution in [0.1, 0.15) is 5.56 Å². The van der Waals surface area contributed by atoms with Crippen molar-refractivity contribution in [2.24, 2.45) is 4.99 Å². The van der Waals surface area contributed by atoms with Crippen LogP contribution >= 0.6 is 0 Å². The van der Waals surface area contributed by atoms with Crippen molar-refractivity contribution in [2.45, 2.75) is 0 Å². The fourth-order valence-electron chi connectivity index (χ4n) is 1.73. The van der Waals surface area contributed by atoms with E-state index in [9.17, 15) is 4.39 Å². The molecule has 0 spiro atoms. The molecule has 0 unspecified atom stereocenters. The molecule has 0 atom stereocenters. The van der Waals surface area contributed by atoms with Gasteiger partial charge in [0.2, 0.25) is 0 Å². The largest absolute Gasteiger partial charge is 0.345 e. The highest BCUT2D eigenvalue weighted by molar-refractivity contribution is 5.84. The molecule has 0 amide bonds. The average molecular weight is 239 g/mol. The third kappa shape index (κ3) is 2.00. The number of aromatic nitrogens is 2. The number of aromatic amines is 1. The van der Waals surface area contributed by atoms with Crippen LogP contribution in [-0.4, -0.2) is 16.2 Å². The Kier molecular flexibility index (Phi) is 2.61. The monoisotopic (exact) mass is 239 g/mol. The summed E-state index contributed by atoms with van der Waals surface area (Å²) in [4.78, 5) is 11.4. The molecule has 0 saturated heterocycles. The van der Waals surface area contributed by atoms with E-state index in [2.05, 4.69) is 15.0 Å². The summed E-state index contributed by atoms with van der Waals surface area (Å²) in [7, 11) is 0. The second-order valence-corrected chi connectivity index (χ2v) is 3.88. The lowest BCUT2D eigenvalue weighted by atomic mass is 10.2. The van der Waals surface area contributed by atoms with Crippen molar-refractivity contribution >= 4 is 22.9 Å². The maximum absolute atomic E-state index is 13.4. The molecule has 1 aromatic heterocycles. The van der Waals surface area contributed by atoms with E-state index < -0.39 is 0 Å². The smallest absolute Gasteiger partial charge is 0.131 e. The molecule has 0 aliphatic carbocycles. The van der Waals surface area contributed by atoms with Gasteiger partial charge in [-0.05, 0) is 24.3 Å². The van der Waals surface area contributed by atoms with Gasteiger partial charge in [0.25, 0.3) is 0 Å². The number of imidazole rings is 1. The minimum atomic E-state index is -0.274. The molecule has 0 aliphatic heterocycles. The molecule has 0 fully saturated rings. The van der Waals surface area contributed by atoms with E-state index in [1.165, 1.54) is 12.3 Å². The number of hydrogen-bond acceptors (Lipinski definition) is 2. The van der Waals surface area contributed by atoms with Gasteiger partial charge in [-0.1, -0.05) is 18.2 Å². The predicted molar refractivity (Wildman–Crippen MR) is 69.7 cm³/mol. The maximum atomic E-state index is 13.4. The Hall–Kier alpha value is -2.49. The zero-order valence-electron chi connectivity index (χ0n) is 9.47. The maximum Gasteiger partial charge on any atom is 0.131 e. The Morgan fingerprint density at radius 3 is 2.94 bits per heavy atom. The third-order valence-corrected chi connectivity index (χ3v) is 2.66. The summed E-state index contributed by atoms with van der Waals surface area (Å²) in [6, 6.07) is 12.1. The van der Waals surface area contributed by atoms with Crippen molar-refractivity contribution in [1.29, 1.82) is 0 Å². The van der Waals surface area contributed by atoms with Crippen LogP contribution in [0.15, 0.2) is 53.8 Å². The van der Waals surface area contributed by atoms with Crippen LogP contribution in [0.25, 0.3) is 11.0 Å². The summed E-state index contributed by atoms with van der Waals surface area (Å²) in [5, 5.41) is 0. The predicted octanol–water partition coefficient (Wildman–Crippen LogP) is 3.45. The number of halogens is 1. The zero-order valence-corrected chi connectivity index (χ0v) is 9.47. The second-order valence-electron chi connectivity index (χ2n) is 3.88. The number of rotatable bonds is 2. The van der Waals surface area contributed by atoms with Crippen LogP contribution in [-0.2, 0) is 0 Å². The Morgan fingerprint density at radius 2 is 2.06 bits per heavy atom. The summed E-state index contributed by atoms with van der Waals surface area (Å²) in [5.41, 5.74) is 3.04. The molecule has 2 aromatic carbocycles. The first-order valence-electron chi connectivity index (χ1n) is 5.55. The number of benzene rings is 2. The first-order valence-corrected chi connectivity index (χ1v) is 5.55. The van der Waals surface area contributed by atoms with Gasteiger partial charge in [-0.25, -0.2) is 9.37 Å². The van der Waals surface area contributed by atoms with Gasteiger partial charge in [0.1, 0.15) is 5.82 Å². The van der Waals surface area contributed by atoms with E-state index >= 15 is 0 Å². The van der Waals surface area contributed by atoms with E-state index in [1.54, 1.807) is 24.5 Å². The molecule has 0 aliphatic rings. The number of H-pyrrole nitrogens is 1. The Morgan fingerprint density at radius 1 is 1.17 bits per heavy atom. The lowest BCUT2D eigenvalue weighted by Crippen LogP contribution is -1.85. The summed E-state index contributed by atoms with van der Waals surface area (Å²) >= 11 is 0. The van der Waals surface area contributed by atoms with Crippen molar-refractivity contribution in [3.63, 3.8) is 0 Å². The summed E-state index contributed by atoms with van der Waals surface area (Å²) in [6.45, 7) is 0. The molecule has 3 nitrogen and oxygen atoms in total. The Bertz CT molecular complexity index is 716. The summed E-state index contributed by atoms with van der Waals surface area (Å²) in [6.07, 6.45) is 3.15. The Labute approximate surface area is 103 Å². The van der Waals surface area contributed by atoms with Crippen molar-refractivity contribution in [3.05, 3.63) is 60.2 Å². The van der Waals surface area contributed by atoms with Crippen LogP contribution in [0.2, 0.25) is 0 Å². The molecule has 0 radical (unpaired) electrons. The number of nitrogens with zero attached hydrogens (tertiary/aromatic N) is 2. The summed E-state index contributed by atoms with van der Waals surface area (Å²) < 4.78 is 13.4.